The summed E-state index contributed by atoms with van der Waals surface area (Å²) in [5.41, 5.74) is 6.56. The second-order valence-electron chi connectivity index (χ2n) is 3.10. The van der Waals surface area contributed by atoms with Crippen LogP contribution in [0.25, 0.3) is 0 Å². The highest BCUT2D eigenvalue weighted by atomic mass is 35.5. The highest BCUT2D eigenvalue weighted by Gasteiger charge is 2.18. The quantitative estimate of drug-likeness (QED) is 0.812. The molecule has 1 aliphatic rings. The molecular formula is C10H12ClNO2. The lowest BCUT2D eigenvalue weighted by Crippen LogP contribution is -2.17. The Morgan fingerprint density at radius 3 is 2.64 bits per heavy atom. The minimum atomic E-state index is 0.554. The van der Waals surface area contributed by atoms with Crippen LogP contribution in [0.2, 0.25) is 5.02 Å². The molecule has 0 fully saturated rings. The average Bonchev–Trinajstić information content (AvgIpc) is 2.23. The molecule has 1 heterocycles. The van der Waals surface area contributed by atoms with Crippen molar-refractivity contribution in [1.29, 1.82) is 0 Å². The Bertz CT molecular complexity index is 341. The Hall–Kier alpha value is -0.930. The zero-order valence-electron chi connectivity index (χ0n) is 7.75. The molecule has 0 bridgehead atoms. The zero-order valence-corrected chi connectivity index (χ0v) is 8.51. The van der Waals surface area contributed by atoms with Crippen LogP contribution in [0, 0.1) is 0 Å². The van der Waals surface area contributed by atoms with Gasteiger partial charge in [0.1, 0.15) is 13.2 Å². The first kappa shape index (κ1) is 9.62. The maximum atomic E-state index is 5.98. The van der Waals surface area contributed by atoms with E-state index in [1.165, 1.54) is 0 Å². The van der Waals surface area contributed by atoms with Crippen LogP contribution < -0.4 is 15.2 Å². The van der Waals surface area contributed by atoms with E-state index in [1.807, 2.05) is 12.1 Å². The largest absolute Gasteiger partial charge is 0.486 e. The molecule has 0 amide bonds. The summed E-state index contributed by atoms with van der Waals surface area (Å²) in [6.07, 6.45) is 0.781. The highest BCUT2D eigenvalue weighted by Crippen LogP contribution is 2.39. The fourth-order valence-corrected chi connectivity index (χ4v) is 1.72. The van der Waals surface area contributed by atoms with Gasteiger partial charge in [0.05, 0.1) is 5.02 Å². The minimum Gasteiger partial charge on any atom is -0.486 e. The van der Waals surface area contributed by atoms with Gasteiger partial charge in [-0.25, -0.2) is 0 Å². The van der Waals surface area contributed by atoms with Crippen molar-refractivity contribution >= 4 is 11.6 Å². The van der Waals surface area contributed by atoms with Crippen molar-refractivity contribution < 1.29 is 9.47 Å². The monoisotopic (exact) mass is 213 g/mol. The molecule has 0 aliphatic carbocycles. The van der Waals surface area contributed by atoms with Crippen LogP contribution in [0.4, 0.5) is 0 Å². The maximum absolute atomic E-state index is 5.98. The Labute approximate surface area is 87.8 Å². The van der Waals surface area contributed by atoms with Gasteiger partial charge in [0.25, 0.3) is 0 Å². The molecule has 76 valence electrons. The molecule has 1 aromatic rings. The zero-order chi connectivity index (χ0) is 9.97. The van der Waals surface area contributed by atoms with Gasteiger partial charge in [-0.05, 0) is 24.6 Å². The van der Waals surface area contributed by atoms with E-state index in [0.717, 1.165) is 17.7 Å². The van der Waals surface area contributed by atoms with E-state index in [9.17, 15) is 0 Å². The van der Waals surface area contributed by atoms with E-state index in [1.54, 1.807) is 0 Å². The summed E-state index contributed by atoms with van der Waals surface area (Å²) in [5, 5.41) is 0.598. The molecule has 0 saturated carbocycles. The van der Waals surface area contributed by atoms with Gasteiger partial charge in [0, 0.05) is 0 Å². The number of fused-ring (bicyclic) bond motifs is 1. The van der Waals surface area contributed by atoms with Crippen molar-refractivity contribution in [2.75, 3.05) is 19.8 Å². The van der Waals surface area contributed by atoms with Crippen molar-refractivity contribution in [2.45, 2.75) is 6.42 Å². The minimum absolute atomic E-state index is 0.554. The molecule has 2 rings (SSSR count). The summed E-state index contributed by atoms with van der Waals surface area (Å²) in [5.74, 6) is 1.41. The van der Waals surface area contributed by atoms with Gasteiger partial charge in [0.2, 0.25) is 0 Å². The summed E-state index contributed by atoms with van der Waals surface area (Å²) < 4.78 is 11.0. The molecule has 0 saturated heterocycles. The van der Waals surface area contributed by atoms with E-state index in [4.69, 9.17) is 26.8 Å². The summed E-state index contributed by atoms with van der Waals surface area (Å²) in [6.45, 7) is 1.72. The van der Waals surface area contributed by atoms with Crippen molar-refractivity contribution in [3.63, 3.8) is 0 Å². The van der Waals surface area contributed by atoms with E-state index < -0.39 is 0 Å². The number of rotatable bonds is 2. The first-order valence-corrected chi connectivity index (χ1v) is 4.98. The van der Waals surface area contributed by atoms with E-state index in [0.29, 0.717) is 30.5 Å². The first-order valence-electron chi connectivity index (χ1n) is 4.60. The van der Waals surface area contributed by atoms with Crippen LogP contribution >= 0.6 is 11.6 Å². The van der Waals surface area contributed by atoms with Crippen molar-refractivity contribution in [3.05, 3.63) is 22.7 Å². The number of hydrogen-bond acceptors (Lipinski definition) is 3. The van der Waals surface area contributed by atoms with Gasteiger partial charge in [-0.2, -0.15) is 0 Å². The summed E-state index contributed by atoms with van der Waals surface area (Å²) in [4.78, 5) is 0. The molecule has 0 unspecified atom stereocenters. The Kier molecular flexibility index (Phi) is 2.79. The summed E-state index contributed by atoms with van der Waals surface area (Å²) in [6, 6.07) is 3.75. The third-order valence-corrected chi connectivity index (χ3v) is 2.43. The fourth-order valence-electron chi connectivity index (χ4n) is 1.51. The van der Waals surface area contributed by atoms with E-state index in [2.05, 4.69) is 0 Å². The van der Waals surface area contributed by atoms with Gasteiger partial charge >= 0.3 is 0 Å². The average molecular weight is 214 g/mol. The van der Waals surface area contributed by atoms with Gasteiger partial charge in [-0.15, -0.1) is 0 Å². The summed E-state index contributed by atoms with van der Waals surface area (Å²) >= 11 is 5.98. The topological polar surface area (TPSA) is 44.5 Å². The van der Waals surface area contributed by atoms with Crippen molar-refractivity contribution in [3.8, 4) is 11.5 Å². The lowest BCUT2D eigenvalue weighted by Gasteiger charge is -2.21. The molecule has 0 spiro atoms. The van der Waals surface area contributed by atoms with Crippen LogP contribution in [0.15, 0.2) is 12.1 Å². The van der Waals surface area contributed by atoms with Crippen LogP contribution in [-0.2, 0) is 6.42 Å². The third-order valence-electron chi connectivity index (χ3n) is 2.14. The lowest BCUT2D eigenvalue weighted by atomic mass is 10.1. The van der Waals surface area contributed by atoms with Gasteiger partial charge in [0.15, 0.2) is 11.5 Å². The number of halogens is 1. The normalized spacial score (nSPS) is 14.1. The molecule has 2 N–H and O–H groups in total. The highest BCUT2D eigenvalue weighted by molar-refractivity contribution is 6.32. The second-order valence-corrected chi connectivity index (χ2v) is 3.51. The third kappa shape index (κ3) is 1.65. The predicted octanol–water partition coefficient (Wildman–Crippen LogP) is 1.61. The molecular weight excluding hydrogens is 202 g/mol. The second kappa shape index (κ2) is 4.07. The van der Waals surface area contributed by atoms with E-state index >= 15 is 0 Å². The Balaban J connectivity index is 2.42. The summed E-state index contributed by atoms with van der Waals surface area (Å²) in [7, 11) is 0. The van der Waals surface area contributed by atoms with Crippen LogP contribution in [0.5, 0.6) is 11.5 Å². The number of ether oxygens (including phenoxy) is 2. The molecule has 0 atom stereocenters. The molecule has 0 radical (unpaired) electrons. The van der Waals surface area contributed by atoms with Gasteiger partial charge in [-0.1, -0.05) is 17.7 Å². The lowest BCUT2D eigenvalue weighted by molar-refractivity contribution is 0.170. The SMILES string of the molecule is NCCc1ccc(Cl)c2c1OCCO2. The van der Waals surface area contributed by atoms with Gasteiger partial charge < -0.3 is 15.2 Å². The van der Waals surface area contributed by atoms with Crippen LogP contribution in [0.3, 0.4) is 0 Å². The fraction of sp³-hybridized carbons (Fsp3) is 0.400. The van der Waals surface area contributed by atoms with Crippen LogP contribution in [0.1, 0.15) is 5.56 Å². The Morgan fingerprint density at radius 2 is 1.93 bits per heavy atom. The predicted molar refractivity (Wildman–Crippen MR) is 55.2 cm³/mol. The molecule has 3 nitrogen and oxygen atoms in total. The van der Waals surface area contributed by atoms with Crippen LogP contribution in [-0.4, -0.2) is 19.8 Å². The van der Waals surface area contributed by atoms with Crippen molar-refractivity contribution in [1.82, 2.24) is 0 Å². The molecule has 14 heavy (non-hydrogen) atoms. The number of benzene rings is 1. The maximum Gasteiger partial charge on any atom is 0.180 e. The smallest absolute Gasteiger partial charge is 0.180 e. The molecule has 0 aromatic heterocycles. The molecule has 1 aliphatic heterocycles. The Morgan fingerprint density at radius 1 is 1.21 bits per heavy atom. The first-order chi connectivity index (χ1) is 6.83. The number of hydrogen-bond donors (Lipinski definition) is 1. The van der Waals surface area contributed by atoms with Crippen molar-refractivity contribution in [2.24, 2.45) is 5.73 Å². The standard InChI is InChI=1S/C10H12ClNO2/c11-8-2-1-7(3-4-12)9-10(8)14-6-5-13-9/h1-2H,3-6,12H2. The van der Waals surface area contributed by atoms with Gasteiger partial charge in [-0.3, -0.25) is 0 Å². The number of nitrogens with two attached hydrogens (primary N) is 1. The van der Waals surface area contributed by atoms with E-state index in [-0.39, 0.29) is 0 Å². The molecule has 1 aromatic carbocycles. The molecule has 4 heteroatoms.